The lowest BCUT2D eigenvalue weighted by atomic mass is 10.0. The van der Waals surface area contributed by atoms with Gasteiger partial charge in [-0.3, -0.25) is 9.59 Å². The first kappa shape index (κ1) is 38.6. The summed E-state index contributed by atoms with van der Waals surface area (Å²) in [6, 6.07) is 0. The van der Waals surface area contributed by atoms with Crippen molar-refractivity contribution in [1.29, 1.82) is 0 Å². The van der Waals surface area contributed by atoms with Crippen molar-refractivity contribution in [2.45, 2.75) is 161 Å². The van der Waals surface area contributed by atoms with Gasteiger partial charge >= 0.3 is 11.9 Å². The second kappa shape index (κ2) is 32.2. The van der Waals surface area contributed by atoms with Gasteiger partial charge in [0.1, 0.15) is 6.10 Å². The summed E-state index contributed by atoms with van der Waals surface area (Å²) >= 11 is 0. The van der Waals surface area contributed by atoms with Crippen molar-refractivity contribution in [3.63, 3.8) is 0 Å². The fraction of sp³-hybridized carbons (Fsp3) is 0.676. The number of carbonyl (C=O) groups is 2. The lowest BCUT2D eigenvalue weighted by Crippen LogP contribution is -2.18. The first-order valence-electron chi connectivity index (χ1n) is 16.8. The van der Waals surface area contributed by atoms with Crippen LogP contribution >= 0.6 is 0 Å². The molecule has 0 aliphatic heterocycles. The van der Waals surface area contributed by atoms with Crippen molar-refractivity contribution < 1.29 is 19.4 Å². The molecule has 1 N–H and O–H groups in total. The third-order valence-electron chi connectivity index (χ3n) is 7.04. The van der Waals surface area contributed by atoms with Crippen LogP contribution in [0.15, 0.2) is 60.8 Å². The summed E-state index contributed by atoms with van der Waals surface area (Å²) in [6.45, 7) is 4.40. The van der Waals surface area contributed by atoms with Crippen LogP contribution in [0, 0.1) is 0 Å². The van der Waals surface area contributed by atoms with E-state index in [2.05, 4.69) is 62.5 Å². The summed E-state index contributed by atoms with van der Waals surface area (Å²) in [5, 5.41) is 8.77. The van der Waals surface area contributed by atoms with Gasteiger partial charge in [0.2, 0.25) is 0 Å². The van der Waals surface area contributed by atoms with Crippen LogP contribution in [0.4, 0.5) is 0 Å². The van der Waals surface area contributed by atoms with Gasteiger partial charge in [0.25, 0.3) is 0 Å². The fourth-order valence-electron chi connectivity index (χ4n) is 4.61. The zero-order valence-corrected chi connectivity index (χ0v) is 26.6. The number of carbonyl (C=O) groups excluding carboxylic acids is 1. The molecule has 0 saturated heterocycles. The lowest BCUT2D eigenvalue weighted by molar-refractivity contribution is -0.148. The number of rotatable bonds is 29. The number of hydrogen-bond donors (Lipinski definition) is 1. The molecule has 0 spiro atoms. The number of aliphatic carboxylic acids is 1. The average Bonchev–Trinajstić information content (AvgIpc) is 2.95. The zero-order valence-electron chi connectivity index (χ0n) is 26.6. The van der Waals surface area contributed by atoms with Gasteiger partial charge in [-0.1, -0.05) is 139 Å². The summed E-state index contributed by atoms with van der Waals surface area (Å²) < 4.78 is 5.88. The minimum atomic E-state index is -0.713. The zero-order chi connectivity index (χ0) is 30.1. The topological polar surface area (TPSA) is 63.6 Å². The highest BCUT2D eigenvalue weighted by atomic mass is 16.5. The van der Waals surface area contributed by atoms with Crippen molar-refractivity contribution in [2.75, 3.05) is 0 Å². The molecule has 0 aromatic carbocycles. The molecule has 0 aromatic rings. The number of carboxylic acid groups (broad SMARTS) is 1. The number of esters is 1. The first-order valence-corrected chi connectivity index (χ1v) is 16.8. The molecule has 0 heterocycles. The predicted molar refractivity (Wildman–Crippen MR) is 176 cm³/mol. The molecule has 0 aliphatic rings. The van der Waals surface area contributed by atoms with E-state index in [0.717, 1.165) is 83.5 Å². The summed E-state index contributed by atoms with van der Waals surface area (Å²) in [5.74, 6) is -0.840. The molecule has 4 nitrogen and oxygen atoms in total. The van der Waals surface area contributed by atoms with Crippen LogP contribution in [-0.4, -0.2) is 23.1 Å². The highest BCUT2D eigenvalue weighted by Crippen LogP contribution is 2.18. The maximum atomic E-state index is 12.5. The number of ether oxygens (including phenoxy) is 1. The standard InChI is InChI=1S/C37H62O4/c1-3-5-7-9-11-13-14-15-16-17-18-19-21-26-30-34-37(40)41-35(31-27-23-20-12-10-8-6-4-2)32-28-24-22-25-29-33-36(38)39/h5,7,11,13,15-16,18-19,26,30,35H,3-4,6,8-10,12,14,17,20-25,27-29,31-34H2,1-2H3,(H,38,39)/b7-5-,13-11-,16-15-,19-18-,30-26-. The average molecular weight is 571 g/mol. The third-order valence-corrected chi connectivity index (χ3v) is 7.04. The van der Waals surface area contributed by atoms with E-state index in [1.165, 1.54) is 44.9 Å². The quantitative estimate of drug-likeness (QED) is 0.0552. The van der Waals surface area contributed by atoms with Crippen molar-refractivity contribution in [3.05, 3.63) is 60.8 Å². The van der Waals surface area contributed by atoms with E-state index in [1.807, 2.05) is 12.2 Å². The monoisotopic (exact) mass is 570 g/mol. The van der Waals surface area contributed by atoms with E-state index < -0.39 is 5.97 Å². The highest BCUT2D eigenvalue weighted by Gasteiger charge is 2.13. The molecule has 0 aromatic heterocycles. The Hall–Kier alpha value is -2.36. The fourth-order valence-corrected chi connectivity index (χ4v) is 4.61. The number of hydrogen-bond acceptors (Lipinski definition) is 3. The summed E-state index contributed by atoms with van der Waals surface area (Å²) in [6.07, 6.45) is 43.8. The second-order valence-corrected chi connectivity index (χ2v) is 11.0. The van der Waals surface area contributed by atoms with Crippen molar-refractivity contribution in [3.8, 4) is 0 Å². The predicted octanol–water partition coefficient (Wildman–Crippen LogP) is 11.4. The van der Waals surface area contributed by atoms with Crippen molar-refractivity contribution in [2.24, 2.45) is 0 Å². The van der Waals surface area contributed by atoms with E-state index in [0.29, 0.717) is 6.42 Å². The molecular formula is C37H62O4. The third kappa shape index (κ3) is 32.0. The summed E-state index contributed by atoms with van der Waals surface area (Å²) in [4.78, 5) is 23.1. The molecule has 0 fully saturated rings. The first-order chi connectivity index (χ1) is 20.1. The van der Waals surface area contributed by atoms with Crippen LogP contribution in [-0.2, 0) is 14.3 Å². The Balaban J connectivity index is 4.22. The van der Waals surface area contributed by atoms with Gasteiger partial charge in [0.05, 0.1) is 6.42 Å². The molecule has 0 aliphatic carbocycles. The van der Waals surface area contributed by atoms with Crippen molar-refractivity contribution >= 4 is 11.9 Å². The maximum Gasteiger partial charge on any atom is 0.309 e. The largest absolute Gasteiger partial charge is 0.481 e. The molecule has 4 heteroatoms. The van der Waals surface area contributed by atoms with E-state index in [4.69, 9.17) is 9.84 Å². The minimum absolute atomic E-state index is 0.00402. The molecule has 0 bridgehead atoms. The Morgan fingerprint density at radius 3 is 1.44 bits per heavy atom. The van der Waals surface area contributed by atoms with Gasteiger partial charge in [-0.05, 0) is 64.2 Å². The van der Waals surface area contributed by atoms with Crippen LogP contribution in [0.1, 0.15) is 155 Å². The SMILES string of the molecule is CC/C=C\C/C=C\C/C=C\C/C=C\C/C=C\CC(=O)OC(CCCCCCCCCC)CCCCCCCC(=O)O. The van der Waals surface area contributed by atoms with E-state index in [1.54, 1.807) is 0 Å². The van der Waals surface area contributed by atoms with E-state index in [9.17, 15) is 9.59 Å². The Labute approximate surface area is 253 Å². The Morgan fingerprint density at radius 1 is 0.561 bits per heavy atom. The van der Waals surface area contributed by atoms with Gasteiger partial charge in [-0.2, -0.15) is 0 Å². The second-order valence-electron chi connectivity index (χ2n) is 11.0. The van der Waals surface area contributed by atoms with E-state index >= 15 is 0 Å². The van der Waals surface area contributed by atoms with Crippen molar-refractivity contribution in [1.82, 2.24) is 0 Å². The molecule has 0 rings (SSSR count). The Morgan fingerprint density at radius 2 is 0.976 bits per heavy atom. The molecule has 1 atom stereocenters. The molecular weight excluding hydrogens is 508 g/mol. The van der Waals surface area contributed by atoms with Crippen LogP contribution in [0.5, 0.6) is 0 Å². The van der Waals surface area contributed by atoms with Gasteiger partial charge in [0.15, 0.2) is 0 Å². The van der Waals surface area contributed by atoms with Gasteiger partial charge in [-0.15, -0.1) is 0 Å². The number of carboxylic acids is 1. The normalized spacial score (nSPS) is 13.0. The number of allylic oxidation sites excluding steroid dienone is 9. The van der Waals surface area contributed by atoms with E-state index in [-0.39, 0.29) is 18.5 Å². The maximum absolute atomic E-state index is 12.5. The summed E-state index contributed by atoms with van der Waals surface area (Å²) in [5.41, 5.74) is 0. The molecule has 1 unspecified atom stereocenters. The van der Waals surface area contributed by atoms with Crippen LogP contribution < -0.4 is 0 Å². The van der Waals surface area contributed by atoms with Crippen LogP contribution in [0.3, 0.4) is 0 Å². The van der Waals surface area contributed by atoms with Crippen LogP contribution in [0.25, 0.3) is 0 Å². The lowest BCUT2D eigenvalue weighted by Gasteiger charge is -2.18. The summed E-state index contributed by atoms with van der Waals surface area (Å²) in [7, 11) is 0. The molecule has 234 valence electrons. The van der Waals surface area contributed by atoms with Gasteiger partial charge in [-0.25, -0.2) is 0 Å². The Bertz CT molecular complexity index is 744. The molecule has 41 heavy (non-hydrogen) atoms. The minimum Gasteiger partial charge on any atom is -0.481 e. The smallest absolute Gasteiger partial charge is 0.309 e. The van der Waals surface area contributed by atoms with Crippen LogP contribution in [0.2, 0.25) is 0 Å². The number of unbranched alkanes of at least 4 members (excludes halogenated alkanes) is 11. The van der Waals surface area contributed by atoms with Gasteiger partial charge < -0.3 is 9.84 Å². The van der Waals surface area contributed by atoms with Gasteiger partial charge in [0, 0.05) is 6.42 Å². The highest BCUT2D eigenvalue weighted by molar-refractivity contribution is 5.71. The Kier molecular flexibility index (Phi) is 30.3. The molecule has 0 amide bonds. The molecule has 0 saturated carbocycles. The molecule has 0 radical (unpaired) electrons.